The molecule has 0 aliphatic heterocycles. The molecule has 1 aromatic carbocycles. The number of hydrogen-bond donors (Lipinski definition) is 0. The van der Waals surface area contributed by atoms with Crippen molar-refractivity contribution in [3.05, 3.63) is 33.0 Å². The van der Waals surface area contributed by atoms with Crippen LogP contribution in [0.5, 0.6) is 5.75 Å². The summed E-state index contributed by atoms with van der Waals surface area (Å²) in [6.45, 7) is 3.77. The maximum absolute atomic E-state index is 11.7. The fraction of sp³-hybridized carbons (Fsp3) is 0.286. The van der Waals surface area contributed by atoms with Crippen LogP contribution in [0, 0.1) is 9.49 Å². The van der Waals surface area contributed by atoms with Crippen molar-refractivity contribution in [1.82, 2.24) is 4.98 Å². The van der Waals surface area contributed by atoms with E-state index in [1.807, 2.05) is 32.0 Å². The first-order valence-corrected chi connectivity index (χ1v) is 7.34. The Morgan fingerprint density at radius 1 is 1.53 bits per heavy atom. The molecule has 0 saturated heterocycles. The van der Waals surface area contributed by atoms with Crippen molar-refractivity contribution in [3.63, 3.8) is 0 Å². The van der Waals surface area contributed by atoms with Crippen LogP contribution in [0.4, 0.5) is 0 Å². The second kappa shape index (κ2) is 6.05. The third-order valence-electron chi connectivity index (χ3n) is 2.75. The molecule has 0 atom stereocenters. The van der Waals surface area contributed by atoms with Crippen LogP contribution in [-0.4, -0.2) is 17.4 Å². The molecule has 0 spiro atoms. The lowest BCUT2D eigenvalue weighted by Crippen LogP contribution is -2.17. The molecule has 100 valence electrons. The lowest BCUT2D eigenvalue weighted by molar-refractivity contribution is -0.123. The van der Waals surface area contributed by atoms with E-state index in [4.69, 9.17) is 16.3 Å². The maximum atomic E-state index is 11.7. The van der Waals surface area contributed by atoms with Crippen molar-refractivity contribution in [1.29, 1.82) is 0 Å². The van der Waals surface area contributed by atoms with Gasteiger partial charge in [0.1, 0.15) is 12.1 Å². The Hall–Kier alpha value is -0.880. The van der Waals surface area contributed by atoms with Gasteiger partial charge in [-0.2, -0.15) is 0 Å². The number of Topliss-reactive ketones (excluding diaryl/α,β-unsaturated/α-hetero) is 1. The van der Waals surface area contributed by atoms with Crippen molar-refractivity contribution in [2.45, 2.75) is 13.8 Å². The molecule has 0 bridgehead atoms. The minimum Gasteiger partial charge on any atom is -0.482 e. The molecule has 19 heavy (non-hydrogen) atoms. The minimum atomic E-state index is -0.0378. The van der Waals surface area contributed by atoms with Gasteiger partial charge in [0.05, 0.1) is 8.59 Å². The Balaban J connectivity index is 2.40. The monoisotopic (exact) mass is 389 g/mol. The number of carbonyl (C=O) groups excluding carboxylic acids is 1. The van der Waals surface area contributed by atoms with Gasteiger partial charge in [0, 0.05) is 17.5 Å². The van der Waals surface area contributed by atoms with Gasteiger partial charge in [0.25, 0.3) is 0 Å². The van der Waals surface area contributed by atoms with Crippen LogP contribution < -0.4 is 4.74 Å². The van der Waals surface area contributed by atoms with E-state index in [-0.39, 0.29) is 18.3 Å². The topological polar surface area (TPSA) is 39.2 Å². The number of benzene rings is 1. The van der Waals surface area contributed by atoms with E-state index in [1.165, 1.54) is 0 Å². The van der Waals surface area contributed by atoms with Crippen LogP contribution >= 0.6 is 34.2 Å². The van der Waals surface area contributed by atoms with Gasteiger partial charge < -0.3 is 4.74 Å². The van der Waals surface area contributed by atoms with Crippen LogP contribution in [0.25, 0.3) is 10.9 Å². The van der Waals surface area contributed by atoms with E-state index in [2.05, 4.69) is 27.6 Å². The molecule has 0 fully saturated rings. The number of ketones is 1. The Bertz CT molecular complexity index is 628. The SMILES string of the molecule is CC(C)C(=O)COc1c(I)cc(Cl)c2cccnc12. The molecule has 2 rings (SSSR count). The standard InChI is InChI=1S/C14H13ClINO2/c1-8(2)12(18)7-19-14-11(16)6-10(15)9-4-3-5-17-13(9)14/h3-6,8H,7H2,1-2H3. The molecule has 0 radical (unpaired) electrons. The molecular weight excluding hydrogens is 377 g/mol. The highest BCUT2D eigenvalue weighted by Crippen LogP contribution is 2.34. The van der Waals surface area contributed by atoms with Crippen LogP contribution in [0.15, 0.2) is 24.4 Å². The predicted octanol–water partition coefficient (Wildman–Crippen LogP) is 4.10. The Morgan fingerprint density at radius 2 is 2.26 bits per heavy atom. The van der Waals surface area contributed by atoms with Crippen LogP contribution in [0.1, 0.15) is 13.8 Å². The summed E-state index contributed by atoms with van der Waals surface area (Å²) in [7, 11) is 0. The van der Waals surface area contributed by atoms with E-state index < -0.39 is 0 Å². The van der Waals surface area contributed by atoms with Crippen molar-refractivity contribution < 1.29 is 9.53 Å². The predicted molar refractivity (Wildman–Crippen MR) is 84.8 cm³/mol. The molecule has 0 saturated carbocycles. The number of halogens is 2. The molecular formula is C14H13ClINO2. The zero-order chi connectivity index (χ0) is 14.0. The zero-order valence-corrected chi connectivity index (χ0v) is 13.5. The van der Waals surface area contributed by atoms with Crippen molar-refractivity contribution in [3.8, 4) is 5.75 Å². The molecule has 1 aromatic heterocycles. The number of carbonyl (C=O) groups is 1. The highest BCUT2D eigenvalue weighted by molar-refractivity contribution is 14.1. The number of pyridine rings is 1. The number of nitrogens with zero attached hydrogens (tertiary/aromatic N) is 1. The lowest BCUT2D eigenvalue weighted by Gasteiger charge is -2.12. The summed E-state index contributed by atoms with van der Waals surface area (Å²) in [6, 6.07) is 5.53. The van der Waals surface area contributed by atoms with Crippen LogP contribution in [0.3, 0.4) is 0 Å². The molecule has 0 N–H and O–H groups in total. The number of hydrogen-bond acceptors (Lipinski definition) is 3. The first kappa shape index (κ1) is 14.5. The van der Waals surface area contributed by atoms with Gasteiger partial charge in [-0.25, -0.2) is 0 Å². The molecule has 0 aliphatic carbocycles. The Morgan fingerprint density at radius 3 is 2.95 bits per heavy atom. The van der Waals surface area contributed by atoms with Crippen molar-refractivity contribution >= 4 is 50.9 Å². The normalized spacial score (nSPS) is 11.0. The van der Waals surface area contributed by atoms with Crippen molar-refractivity contribution in [2.24, 2.45) is 5.92 Å². The third kappa shape index (κ3) is 3.17. The number of fused-ring (bicyclic) bond motifs is 1. The van der Waals surface area contributed by atoms with E-state index in [0.717, 1.165) is 8.96 Å². The third-order valence-corrected chi connectivity index (χ3v) is 3.87. The van der Waals surface area contributed by atoms with Gasteiger partial charge in [-0.1, -0.05) is 25.4 Å². The zero-order valence-electron chi connectivity index (χ0n) is 10.6. The first-order chi connectivity index (χ1) is 9.00. The number of rotatable bonds is 4. The number of aromatic nitrogens is 1. The van der Waals surface area contributed by atoms with Gasteiger partial charge in [0.15, 0.2) is 11.5 Å². The Labute approximate surface area is 130 Å². The second-order valence-electron chi connectivity index (χ2n) is 4.48. The highest BCUT2D eigenvalue weighted by Gasteiger charge is 2.14. The van der Waals surface area contributed by atoms with E-state index in [9.17, 15) is 4.79 Å². The summed E-state index contributed by atoms with van der Waals surface area (Å²) in [5.41, 5.74) is 0.691. The summed E-state index contributed by atoms with van der Waals surface area (Å²) in [5.74, 6) is 0.647. The fourth-order valence-electron chi connectivity index (χ4n) is 1.59. The Kier molecular flexibility index (Phi) is 4.62. The largest absolute Gasteiger partial charge is 0.482 e. The molecule has 5 heteroatoms. The number of ether oxygens (including phenoxy) is 1. The summed E-state index contributed by atoms with van der Waals surface area (Å²) in [6.07, 6.45) is 1.69. The fourth-order valence-corrected chi connectivity index (χ4v) is 2.76. The van der Waals surface area contributed by atoms with Crippen molar-refractivity contribution in [2.75, 3.05) is 6.61 Å². The van der Waals surface area contributed by atoms with E-state index in [0.29, 0.717) is 16.3 Å². The minimum absolute atomic E-state index is 0.0378. The van der Waals surface area contributed by atoms with Gasteiger partial charge in [0.2, 0.25) is 0 Å². The molecule has 0 amide bonds. The van der Waals surface area contributed by atoms with Gasteiger partial charge >= 0.3 is 0 Å². The van der Waals surface area contributed by atoms with Gasteiger partial charge in [-0.05, 0) is 40.8 Å². The summed E-state index contributed by atoms with van der Waals surface area (Å²) < 4.78 is 6.50. The molecule has 1 heterocycles. The van der Waals surface area contributed by atoms with E-state index in [1.54, 1.807) is 6.20 Å². The summed E-state index contributed by atoms with van der Waals surface area (Å²) >= 11 is 8.32. The smallest absolute Gasteiger partial charge is 0.172 e. The summed E-state index contributed by atoms with van der Waals surface area (Å²) in [4.78, 5) is 16.0. The second-order valence-corrected chi connectivity index (χ2v) is 6.05. The average molecular weight is 390 g/mol. The van der Waals surface area contributed by atoms with E-state index >= 15 is 0 Å². The first-order valence-electron chi connectivity index (χ1n) is 5.89. The van der Waals surface area contributed by atoms with Gasteiger partial charge in [-0.15, -0.1) is 0 Å². The highest BCUT2D eigenvalue weighted by atomic mass is 127. The average Bonchev–Trinajstić information content (AvgIpc) is 2.38. The molecule has 0 aliphatic rings. The van der Waals surface area contributed by atoms with Crippen LogP contribution in [0.2, 0.25) is 5.02 Å². The lowest BCUT2D eigenvalue weighted by atomic mass is 10.1. The summed E-state index contributed by atoms with van der Waals surface area (Å²) in [5, 5.41) is 1.46. The van der Waals surface area contributed by atoms with Crippen LogP contribution in [-0.2, 0) is 4.79 Å². The molecule has 2 aromatic rings. The van der Waals surface area contributed by atoms with Gasteiger partial charge in [-0.3, -0.25) is 9.78 Å². The molecule has 0 unspecified atom stereocenters. The quantitative estimate of drug-likeness (QED) is 0.739. The molecule has 3 nitrogen and oxygen atoms in total. The maximum Gasteiger partial charge on any atom is 0.172 e.